The molecule has 0 aliphatic rings. The zero-order valence-corrected chi connectivity index (χ0v) is 10.9. The molecule has 21 heavy (non-hydrogen) atoms. The van der Waals surface area contributed by atoms with Crippen LogP contribution in [-0.2, 0) is 0 Å². The minimum absolute atomic E-state index is 0.243. The van der Waals surface area contributed by atoms with E-state index in [4.69, 9.17) is 5.84 Å². The largest absolute Gasteiger partial charge is 0.308 e. The number of nitrogen functional groups attached to an aromatic ring is 1. The Bertz CT molecular complexity index is 790. The first-order chi connectivity index (χ1) is 10.3. The number of hydrogen-bond donors (Lipinski definition) is 3. The van der Waals surface area contributed by atoms with Crippen LogP contribution in [0.3, 0.4) is 0 Å². The van der Waals surface area contributed by atoms with E-state index in [0.29, 0.717) is 11.6 Å². The third kappa shape index (κ3) is 2.63. The zero-order chi connectivity index (χ0) is 14.7. The molecule has 0 spiro atoms. The van der Waals surface area contributed by atoms with Crippen molar-refractivity contribution in [2.45, 2.75) is 0 Å². The van der Waals surface area contributed by atoms with Crippen LogP contribution in [0.4, 0.5) is 11.6 Å². The van der Waals surface area contributed by atoms with E-state index in [1.807, 2.05) is 24.3 Å². The molecular formula is C14H12N6O. The minimum atomic E-state index is -0.377. The van der Waals surface area contributed by atoms with Gasteiger partial charge in [-0.05, 0) is 23.6 Å². The summed E-state index contributed by atoms with van der Waals surface area (Å²) in [7, 11) is 0. The lowest BCUT2D eigenvalue weighted by Crippen LogP contribution is -2.17. The number of rotatable bonds is 3. The number of benzene rings is 1. The summed E-state index contributed by atoms with van der Waals surface area (Å²) in [5.41, 5.74) is 2.75. The molecule has 7 nitrogen and oxygen atoms in total. The first-order valence-corrected chi connectivity index (χ1v) is 6.23. The smallest absolute Gasteiger partial charge is 0.275 e. The second kappa shape index (κ2) is 5.51. The highest BCUT2D eigenvalue weighted by Gasteiger charge is 2.12. The number of hydrazine groups is 1. The first kappa shape index (κ1) is 12.9. The molecule has 0 aliphatic carbocycles. The van der Waals surface area contributed by atoms with Gasteiger partial charge in [-0.3, -0.25) is 4.79 Å². The number of amides is 1. The molecule has 0 saturated heterocycles. The Morgan fingerprint density at radius 2 is 2.00 bits per heavy atom. The fourth-order valence-corrected chi connectivity index (χ4v) is 1.97. The quantitative estimate of drug-likeness (QED) is 0.496. The molecule has 1 aromatic carbocycles. The molecule has 0 unspecified atom stereocenters. The van der Waals surface area contributed by atoms with E-state index in [0.717, 1.165) is 10.8 Å². The van der Waals surface area contributed by atoms with Gasteiger partial charge in [0, 0.05) is 11.6 Å². The Hall–Kier alpha value is -3.06. The number of anilines is 2. The van der Waals surface area contributed by atoms with Crippen LogP contribution in [0.25, 0.3) is 10.8 Å². The number of aromatic nitrogens is 3. The summed E-state index contributed by atoms with van der Waals surface area (Å²) in [6.07, 6.45) is 1.53. The average molecular weight is 280 g/mol. The van der Waals surface area contributed by atoms with Crippen molar-refractivity contribution in [1.82, 2.24) is 15.2 Å². The summed E-state index contributed by atoms with van der Waals surface area (Å²) < 4.78 is 0. The van der Waals surface area contributed by atoms with Crippen molar-refractivity contribution in [1.29, 1.82) is 0 Å². The van der Waals surface area contributed by atoms with Gasteiger partial charge in [-0.2, -0.15) is 5.10 Å². The number of pyridine rings is 1. The van der Waals surface area contributed by atoms with Crippen molar-refractivity contribution < 1.29 is 4.79 Å². The van der Waals surface area contributed by atoms with Crippen LogP contribution in [-0.4, -0.2) is 21.1 Å². The zero-order valence-electron chi connectivity index (χ0n) is 10.9. The van der Waals surface area contributed by atoms with Crippen molar-refractivity contribution in [3.63, 3.8) is 0 Å². The fourth-order valence-electron chi connectivity index (χ4n) is 1.97. The minimum Gasteiger partial charge on any atom is -0.308 e. The molecule has 7 heteroatoms. The van der Waals surface area contributed by atoms with Gasteiger partial charge < -0.3 is 10.7 Å². The van der Waals surface area contributed by atoms with Crippen LogP contribution >= 0.6 is 0 Å². The highest BCUT2D eigenvalue weighted by molar-refractivity contribution is 6.06. The van der Waals surface area contributed by atoms with Gasteiger partial charge in [-0.15, -0.1) is 5.10 Å². The molecule has 1 amide bonds. The lowest BCUT2D eigenvalue weighted by atomic mass is 10.1. The van der Waals surface area contributed by atoms with Gasteiger partial charge in [0.15, 0.2) is 5.82 Å². The number of hydrogen-bond acceptors (Lipinski definition) is 6. The van der Waals surface area contributed by atoms with Gasteiger partial charge in [-0.25, -0.2) is 10.8 Å². The average Bonchev–Trinajstić information content (AvgIpc) is 2.54. The molecule has 104 valence electrons. The predicted molar refractivity (Wildman–Crippen MR) is 79.5 cm³/mol. The molecule has 0 bridgehead atoms. The molecule has 4 N–H and O–H groups in total. The van der Waals surface area contributed by atoms with Gasteiger partial charge in [0.1, 0.15) is 11.5 Å². The van der Waals surface area contributed by atoms with Crippen molar-refractivity contribution >= 4 is 28.3 Å². The highest BCUT2D eigenvalue weighted by atomic mass is 16.1. The molecule has 0 fully saturated rings. The Morgan fingerprint density at radius 3 is 2.76 bits per heavy atom. The molecule has 0 aliphatic heterocycles. The predicted octanol–water partition coefficient (Wildman–Crippen LogP) is 1.56. The summed E-state index contributed by atoms with van der Waals surface area (Å²) in [4.78, 5) is 16.4. The lowest BCUT2D eigenvalue weighted by molar-refractivity contribution is 0.102. The van der Waals surface area contributed by atoms with E-state index in [-0.39, 0.29) is 11.6 Å². The van der Waals surface area contributed by atoms with Crippen molar-refractivity contribution in [3.8, 4) is 0 Å². The molecule has 2 heterocycles. The Morgan fingerprint density at radius 1 is 1.14 bits per heavy atom. The number of nitrogens with two attached hydrogens (primary N) is 1. The number of carbonyl (C=O) groups excluding carboxylic acids is 1. The standard InChI is InChI=1S/C14H12N6O/c15-19-13-10-5-2-1-4-9(10)8-11(17-13)14(21)18-12-6-3-7-16-20-12/h1-8H,15H2,(H,17,19)(H,18,20,21). The van der Waals surface area contributed by atoms with E-state index >= 15 is 0 Å². The van der Waals surface area contributed by atoms with Gasteiger partial charge in [0.05, 0.1) is 0 Å². The summed E-state index contributed by atoms with van der Waals surface area (Å²) in [5.74, 6) is 5.90. The Kier molecular flexibility index (Phi) is 3.40. The third-order valence-electron chi connectivity index (χ3n) is 2.92. The molecule has 0 saturated carbocycles. The van der Waals surface area contributed by atoms with E-state index in [1.165, 1.54) is 6.20 Å². The van der Waals surface area contributed by atoms with Crippen LogP contribution in [0.5, 0.6) is 0 Å². The maximum absolute atomic E-state index is 12.2. The molecule has 2 aromatic heterocycles. The van der Waals surface area contributed by atoms with Crippen molar-refractivity contribution in [2.24, 2.45) is 5.84 Å². The lowest BCUT2D eigenvalue weighted by Gasteiger charge is -2.08. The van der Waals surface area contributed by atoms with Crippen molar-refractivity contribution in [3.05, 3.63) is 54.4 Å². The molecule has 3 rings (SSSR count). The van der Waals surface area contributed by atoms with E-state index in [2.05, 4.69) is 25.9 Å². The normalized spacial score (nSPS) is 10.3. The maximum atomic E-state index is 12.2. The summed E-state index contributed by atoms with van der Waals surface area (Å²) in [6, 6.07) is 12.6. The number of nitrogens with zero attached hydrogens (tertiary/aromatic N) is 3. The van der Waals surface area contributed by atoms with E-state index < -0.39 is 0 Å². The SMILES string of the molecule is NNc1nc(C(=O)Nc2cccnn2)cc2ccccc12. The van der Waals surface area contributed by atoms with Gasteiger partial charge in [0.2, 0.25) is 0 Å². The Balaban J connectivity index is 1.98. The number of fused-ring (bicyclic) bond motifs is 1. The highest BCUT2D eigenvalue weighted by Crippen LogP contribution is 2.22. The van der Waals surface area contributed by atoms with Gasteiger partial charge in [-0.1, -0.05) is 24.3 Å². The topological polar surface area (TPSA) is 106 Å². The van der Waals surface area contributed by atoms with E-state index in [9.17, 15) is 4.79 Å². The van der Waals surface area contributed by atoms with Crippen LogP contribution in [0.1, 0.15) is 10.5 Å². The van der Waals surface area contributed by atoms with Crippen LogP contribution < -0.4 is 16.6 Å². The molecule has 3 aromatic rings. The molecule has 0 atom stereocenters. The van der Waals surface area contributed by atoms with E-state index in [1.54, 1.807) is 18.2 Å². The summed E-state index contributed by atoms with van der Waals surface area (Å²) >= 11 is 0. The van der Waals surface area contributed by atoms with Gasteiger partial charge >= 0.3 is 0 Å². The summed E-state index contributed by atoms with van der Waals surface area (Å²) in [5, 5.41) is 11.8. The third-order valence-corrected chi connectivity index (χ3v) is 2.92. The Labute approximate surface area is 120 Å². The number of nitrogens with one attached hydrogen (secondary N) is 2. The molecule has 0 radical (unpaired) electrons. The second-order valence-corrected chi connectivity index (χ2v) is 4.28. The van der Waals surface area contributed by atoms with Crippen molar-refractivity contribution in [2.75, 3.05) is 10.7 Å². The second-order valence-electron chi connectivity index (χ2n) is 4.28. The van der Waals surface area contributed by atoms with Crippen LogP contribution in [0.2, 0.25) is 0 Å². The first-order valence-electron chi connectivity index (χ1n) is 6.23. The monoisotopic (exact) mass is 280 g/mol. The van der Waals surface area contributed by atoms with Crippen LogP contribution in [0.15, 0.2) is 48.7 Å². The fraction of sp³-hybridized carbons (Fsp3) is 0. The number of carbonyl (C=O) groups is 1. The molecular weight excluding hydrogens is 268 g/mol. The maximum Gasteiger partial charge on any atom is 0.275 e. The summed E-state index contributed by atoms with van der Waals surface area (Å²) in [6.45, 7) is 0. The van der Waals surface area contributed by atoms with Gasteiger partial charge in [0.25, 0.3) is 5.91 Å². The van der Waals surface area contributed by atoms with Crippen LogP contribution in [0, 0.1) is 0 Å².